The molecule has 0 aromatic heterocycles. The Kier molecular flexibility index (Phi) is 4.99. The monoisotopic (exact) mass is 227 g/mol. The van der Waals surface area contributed by atoms with Crippen LogP contribution in [0.25, 0.3) is 0 Å². The maximum Gasteiger partial charge on any atom is 0.0272 e. The largest absolute Gasteiger partial charge is 0.315 e. The molecule has 0 bridgehead atoms. The highest BCUT2D eigenvalue weighted by atomic mass is 15.7. The molecule has 16 heavy (non-hydrogen) atoms. The van der Waals surface area contributed by atoms with Crippen LogP contribution in [0.4, 0.5) is 0 Å². The molecule has 0 aromatic rings. The predicted octanol–water partition coefficient (Wildman–Crippen LogP) is -0.661. The van der Waals surface area contributed by atoms with E-state index in [0.717, 1.165) is 39.3 Å². The topological polar surface area (TPSA) is 33.8 Å². The number of hydrogen-bond acceptors (Lipinski definition) is 5. The molecule has 2 fully saturated rings. The second-order valence-electron chi connectivity index (χ2n) is 4.83. The van der Waals surface area contributed by atoms with Gasteiger partial charge in [-0.05, 0) is 33.0 Å². The van der Waals surface area contributed by atoms with Gasteiger partial charge in [0, 0.05) is 39.3 Å². The highest BCUT2D eigenvalue weighted by molar-refractivity contribution is 4.66. The lowest BCUT2D eigenvalue weighted by molar-refractivity contribution is 0.0304. The molecule has 0 saturated carbocycles. The van der Waals surface area contributed by atoms with Gasteiger partial charge in [0.1, 0.15) is 0 Å². The van der Waals surface area contributed by atoms with Crippen LogP contribution in [0.15, 0.2) is 0 Å². The van der Waals surface area contributed by atoms with E-state index in [-0.39, 0.29) is 0 Å². The van der Waals surface area contributed by atoms with E-state index < -0.39 is 0 Å². The second-order valence-corrected chi connectivity index (χ2v) is 4.83. The molecule has 0 spiro atoms. The first-order valence-electron chi connectivity index (χ1n) is 6.50. The Bertz CT molecular complexity index is 191. The van der Waals surface area contributed by atoms with Crippen LogP contribution in [0.1, 0.15) is 12.8 Å². The number of rotatable bonds is 2. The van der Waals surface area contributed by atoms with Gasteiger partial charge in [0.15, 0.2) is 0 Å². The molecule has 2 aliphatic rings. The van der Waals surface area contributed by atoms with Gasteiger partial charge in [0.25, 0.3) is 0 Å². The summed E-state index contributed by atoms with van der Waals surface area (Å²) < 4.78 is 0. The van der Waals surface area contributed by atoms with Crippen LogP contribution in [0.5, 0.6) is 0 Å². The van der Waals surface area contributed by atoms with Crippen molar-refractivity contribution in [3.63, 3.8) is 0 Å². The fourth-order valence-corrected chi connectivity index (χ4v) is 2.29. The SMILES string of the molecule is CN1CCCN(NN2CCCNCC2)CC1. The molecule has 2 saturated heterocycles. The molecule has 0 amide bonds. The van der Waals surface area contributed by atoms with E-state index in [2.05, 4.69) is 32.8 Å². The van der Waals surface area contributed by atoms with Crippen LogP contribution in [0.3, 0.4) is 0 Å². The van der Waals surface area contributed by atoms with Crippen molar-refractivity contribution >= 4 is 0 Å². The van der Waals surface area contributed by atoms with E-state index in [1.807, 2.05) is 0 Å². The molecular formula is C11H25N5. The van der Waals surface area contributed by atoms with Gasteiger partial charge in [0.05, 0.1) is 0 Å². The molecule has 0 atom stereocenters. The highest BCUT2D eigenvalue weighted by Gasteiger charge is 2.15. The van der Waals surface area contributed by atoms with Gasteiger partial charge < -0.3 is 10.2 Å². The Labute approximate surface area is 98.7 Å². The van der Waals surface area contributed by atoms with E-state index in [0.29, 0.717) is 0 Å². The first kappa shape index (κ1) is 12.3. The third-order valence-corrected chi connectivity index (χ3v) is 3.34. The third-order valence-electron chi connectivity index (χ3n) is 3.34. The molecule has 2 rings (SSSR count). The Morgan fingerprint density at radius 3 is 2.56 bits per heavy atom. The first-order valence-corrected chi connectivity index (χ1v) is 6.50. The average Bonchev–Trinajstić information content (AvgIpc) is 2.63. The van der Waals surface area contributed by atoms with Crippen molar-refractivity contribution in [3.05, 3.63) is 0 Å². The summed E-state index contributed by atoms with van der Waals surface area (Å²) in [5.41, 5.74) is 3.56. The Morgan fingerprint density at radius 1 is 0.812 bits per heavy atom. The highest BCUT2D eigenvalue weighted by Crippen LogP contribution is 2.00. The summed E-state index contributed by atoms with van der Waals surface area (Å²) in [6.45, 7) is 9.18. The lowest BCUT2D eigenvalue weighted by atomic mass is 10.4. The lowest BCUT2D eigenvalue weighted by Crippen LogP contribution is -2.51. The summed E-state index contributed by atoms with van der Waals surface area (Å²) in [5.74, 6) is 0. The van der Waals surface area contributed by atoms with Crippen molar-refractivity contribution in [2.75, 3.05) is 59.4 Å². The Morgan fingerprint density at radius 2 is 1.62 bits per heavy atom. The van der Waals surface area contributed by atoms with Crippen molar-refractivity contribution in [2.45, 2.75) is 12.8 Å². The summed E-state index contributed by atoms with van der Waals surface area (Å²) >= 11 is 0. The van der Waals surface area contributed by atoms with Crippen molar-refractivity contribution in [1.29, 1.82) is 0 Å². The van der Waals surface area contributed by atoms with Gasteiger partial charge in [0.2, 0.25) is 0 Å². The molecule has 0 aliphatic carbocycles. The predicted molar refractivity (Wildman–Crippen MR) is 65.9 cm³/mol. The lowest BCUT2D eigenvalue weighted by Gasteiger charge is -2.29. The molecular weight excluding hydrogens is 202 g/mol. The fourth-order valence-electron chi connectivity index (χ4n) is 2.29. The van der Waals surface area contributed by atoms with E-state index in [4.69, 9.17) is 0 Å². The van der Waals surface area contributed by atoms with Gasteiger partial charge in [-0.15, -0.1) is 0 Å². The van der Waals surface area contributed by atoms with E-state index in [1.54, 1.807) is 0 Å². The normalized spacial score (nSPS) is 27.6. The van der Waals surface area contributed by atoms with Gasteiger partial charge >= 0.3 is 0 Å². The maximum atomic E-state index is 3.56. The molecule has 0 radical (unpaired) electrons. The van der Waals surface area contributed by atoms with Crippen LogP contribution in [-0.4, -0.2) is 74.3 Å². The van der Waals surface area contributed by atoms with E-state index in [1.165, 1.54) is 25.9 Å². The summed E-state index contributed by atoms with van der Waals surface area (Å²) in [6, 6.07) is 0. The third kappa shape index (κ3) is 3.99. The molecule has 2 N–H and O–H groups in total. The molecule has 0 aromatic carbocycles. The maximum absolute atomic E-state index is 3.56. The van der Waals surface area contributed by atoms with Crippen molar-refractivity contribution in [3.8, 4) is 0 Å². The van der Waals surface area contributed by atoms with Gasteiger partial charge in [-0.2, -0.15) is 5.53 Å². The van der Waals surface area contributed by atoms with Gasteiger partial charge in [-0.25, -0.2) is 10.0 Å². The molecule has 2 heterocycles. The molecule has 0 unspecified atom stereocenters. The van der Waals surface area contributed by atoms with Crippen LogP contribution in [0.2, 0.25) is 0 Å². The zero-order chi connectivity index (χ0) is 11.2. The summed E-state index contributed by atoms with van der Waals surface area (Å²) in [5, 5.41) is 8.15. The fraction of sp³-hybridized carbons (Fsp3) is 1.00. The standard InChI is InChI=1S/C11H25N5/c1-14-6-3-8-16(11-10-14)13-15-7-2-4-12-5-9-15/h12-13H,2-11H2,1H3. The zero-order valence-electron chi connectivity index (χ0n) is 10.4. The van der Waals surface area contributed by atoms with E-state index >= 15 is 0 Å². The van der Waals surface area contributed by atoms with E-state index in [9.17, 15) is 0 Å². The average molecular weight is 227 g/mol. The smallest absolute Gasteiger partial charge is 0.0272 e. The number of nitrogens with zero attached hydrogens (tertiary/aromatic N) is 3. The number of hydrazine groups is 2. The zero-order valence-corrected chi connectivity index (χ0v) is 10.4. The Balaban J connectivity index is 1.74. The van der Waals surface area contributed by atoms with Crippen LogP contribution in [0, 0.1) is 0 Å². The van der Waals surface area contributed by atoms with Crippen molar-refractivity contribution in [2.24, 2.45) is 0 Å². The number of likely N-dealkylation sites (N-methyl/N-ethyl adjacent to an activating group) is 1. The molecule has 5 heteroatoms. The van der Waals surface area contributed by atoms with Crippen molar-refractivity contribution < 1.29 is 0 Å². The molecule has 94 valence electrons. The summed E-state index contributed by atoms with van der Waals surface area (Å²) in [7, 11) is 2.21. The number of hydrogen-bond donors (Lipinski definition) is 2. The Hall–Kier alpha value is -0.200. The quantitative estimate of drug-likeness (QED) is 0.654. The van der Waals surface area contributed by atoms with Crippen molar-refractivity contribution in [1.82, 2.24) is 25.8 Å². The minimum Gasteiger partial charge on any atom is -0.315 e. The van der Waals surface area contributed by atoms with Crippen LogP contribution < -0.4 is 10.9 Å². The first-order chi connectivity index (χ1) is 7.84. The minimum absolute atomic E-state index is 1.10. The second kappa shape index (κ2) is 6.51. The van der Waals surface area contributed by atoms with Gasteiger partial charge in [-0.1, -0.05) is 0 Å². The number of nitrogens with one attached hydrogen (secondary N) is 2. The van der Waals surface area contributed by atoms with Crippen LogP contribution >= 0.6 is 0 Å². The summed E-state index contributed by atoms with van der Waals surface area (Å²) in [6.07, 6.45) is 2.50. The van der Waals surface area contributed by atoms with Crippen LogP contribution in [-0.2, 0) is 0 Å². The summed E-state index contributed by atoms with van der Waals surface area (Å²) in [4.78, 5) is 2.41. The minimum atomic E-state index is 1.10. The van der Waals surface area contributed by atoms with Gasteiger partial charge in [-0.3, -0.25) is 0 Å². The molecule has 5 nitrogen and oxygen atoms in total. The molecule has 2 aliphatic heterocycles.